The molecule has 0 aliphatic carbocycles. The molecular formula is C11H14N2O3. The smallest absolute Gasteiger partial charge is 0.273 e. The average molecular weight is 222 g/mol. The van der Waals surface area contributed by atoms with E-state index in [0.29, 0.717) is 11.3 Å². The lowest BCUT2D eigenvalue weighted by Crippen LogP contribution is -2.40. The minimum absolute atomic E-state index is 0.366. The third-order valence-corrected chi connectivity index (χ3v) is 1.82. The van der Waals surface area contributed by atoms with E-state index in [2.05, 4.69) is 10.9 Å². The number of hydrazine groups is 1. The van der Waals surface area contributed by atoms with Crippen molar-refractivity contribution in [2.24, 2.45) is 0 Å². The van der Waals surface area contributed by atoms with Gasteiger partial charge in [-0.25, -0.2) is 0 Å². The van der Waals surface area contributed by atoms with Gasteiger partial charge in [0.1, 0.15) is 5.76 Å². The quantitative estimate of drug-likeness (QED) is 0.585. The van der Waals surface area contributed by atoms with Gasteiger partial charge in [0.2, 0.25) is 0 Å². The lowest BCUT2D eigenvalue weighted by Gasteiger charge is -2.04. The lowest BCUT2D eigenvalue weighted by atomic mass is 10.2. The molecule has 1 aromatic heterocycles. The zero-order chi connectivity index (χ0) is 12.1. The molecule has 0 fully saturated rings. The molecule has 5 heteroatoms. The fourth-order valence-electron chi connectivity index (χ4n) is 1.10. The van der Waals surface area contributed by atoms with Crippen LogP contribution in [0, 0.1) is 6.92 Å². The number of hydrogen-bond acceptors (Lipinski definition) is 3. The Morgan fingerprint density at radius 2 is 2.00 bits per heavy atom. The Morgan fingerprint density at radius 3 is 2.50 bits per heavy atom. The first kappa shape index (κ1) is 12.0. The minimum Gasteiger partial charge on any atom is -0.469 e. The number of aryl methyl sites for hydroxylation is 1. The van der Waals surface area contributed by atoms with Crippen LogP contribution in [0.1, 0.15) is 30.0 Å². The van der Waals surface area contributed by atoms with E-state index >= 15 is 0 Å². The summed E-state index contributed by atoms with van der Waals surface area (Å²) in [6.45, 7) is 5.26. The topological polar surface area (TPSA) is 71.3 Å². The van der Waals surface area contributed by atoms with Crippen molar-refractivity contribution in [2.75, 3.05) is 0 Å². The summed E-state index contributed by atoms with van der Waals surface area (Å²) in [5.74, 6) is -0.259. The molecule has 0 aliphatic heterocycles. The van der Waals surface area contributed by atoms with E-state index in [0.717, 1.165) is 5.57 Å². The second-order valence-corrected chi connectivity index (χ2v) is 3.56. The van der Waals surface area contributed by atoms with E-state index in [1.54, 1.807) is 20.8 Å². The Kier molecular flexibility index (Phi) is 3.88. The summed E-state index contributed by atoms with van der Waals surface area (Å²) in [6, 6.07) is 1.54. The SMILES string of the molecule is CC(C)=CC(=O)NNC(=O)c1ccoc1C. The van der Waals surface area contributed by atoms with Crippen LogP contribution < -0.4 is 10.9 Å². The highest BCUT2D eigenvalue weighted by atomic mass is 16.3. The monoisotopic (exact) mass is 222 g/mol. The molecule has 0 aliphatic rings. The van der Waals surface area contributed by atoms with Crippen molar-refractivity contribution < 1.29 is 14.0 Å². The molecule has 16 heavy (non-hydrogen) atoms. The summed E-state index contributed by atoms with van der Waals surface area (Å²) in [6.07, 6.45) is 2.81. The number of carbonyl (C=O) groups excluding carboxylic acids is 2. The van der Waals surface area contributed by atoms with Gasteiger partial charge in [-0.1, -0.05) is 5.57 Å². The van der Waals surface area contributed by atoms with Gasteiger partial charge in [-0.3, -0.25) is 20.4 Å². The van der Waals surface area contributed by atoms with Crippen LogP contribution >= 0.6 is 0 Å². The third-order valence-electron chi connectivity index (χ3n) is 1.82. The molecule has 0 saturated heterocycles. The second kappa shape index (κ2) is 5.16. The van der Waals surface area contributed by atoms with E-state index in [9.17, 15) is 9.59 Å². The molecule has 2 N–H and O–H groups in total. The molecule has 0 aromatic carbocycles. The molecule has 1 rings (SSSR count). The predicted molar refractivity (Wildman–Crippen MR) is 58.5 cm³/mol. The van der Waals surface area contributed by atoms with Crippen molar-refractivity contribution in [3.63, 3.8) is 0 Å². The average Bonchev–Trinajstić information content (AvgIpc) is 2.60. The number of allylic oxidation sites excluding steroid dienone is 1. The fourth-order valence-corrected chi connectivity index (χ4v) is 1.10. The summed E-state index contributed by atoms with van der Waals surface area (Å²) >= 11 is 0. The molecular weight excluding hydrogens is 208 g/mol. The van der Waals surface area contributed by atoms with Crippen molar-refractivity contribution in [3.05, 3.63) is 35.3 Å². The van der Waals surface area contributed by atoms with Crippen molar-refractivity contribution in [2.45, 2.75) is 20.8 Å². The number of nitrogens with one attached hydrogen (secondary N) is 2. The summed E-state index contributed by atoms with van der Waals surface area (Å²) < 4.78 is 4.97. The van der Waals surface area contributed by atoms with Gasteiger partial charge in [0, 0.05) is 6.08 Å². The fraction of sp³-hybridized carbons (Fsp3) is 0.273. The van der Waals surface area contributed by atoms with Gasteiger partial charge in [-0.15, -0.1) is 0 Å². The molecule has 86 valence electrons. The summed E-state index contributed by atoms with van der Waals surface area (Å²) in [5.41, 5.74) is 5.81. The number of furan rings is 1. The van der Waals surface area contributed by atoms with Crippen molar-refractivity contribution in [3.8, 4) is 0 Å². The first-order chi connectivity index (χ1) is 7.50. The highest BCUT2D eigenvalue weighted by Crippen LogP contribution is 2.07. The first-order valence-electron chi connectivity index (χ1n) is 4.80. The van der Waals surface area contributed by atoms with Crippen molar-refractivity contribution in [1.29, 1.82) is 0 Å². The zero-order valence-corrected chi connectivity index (χ0v) is 9.46. The molecule has 5 nitrogen and oxygen atoms in total. The van der Waals surface area contributed by atoms with Gasteiger partial charge in [-0.05, 0) is 26.8 Å². The second-order valence-electron chi connectivity index (χ2n) is 3.56. The molecule has 2 amide bonds. The van der Waals surface area contributed by atoms with Crippen LogP contribution in [0.3, 0.4) is 0 Å². The summed E-state index contributed by atoms with van der Waals surface area (Å²) in [7, 11) is 0. The number of amides is 2. The van der Waals surface area contributed by atoms with E-state index in [1.807, 2.05) is 0 Å². The van der Waals surface area contributed by atoms with Gasteiger partial charge in [0.15, 0.2) is 0 Å². The molecule has 0 spiro atoms. The maximum absolute atomic E-state index is 11.5. The molecule has 1 heterocycles. The van der Waals surface area contributed by atoms with Crippen molar-refractivity contribution >= 4 is 11.8 Å². The standard InChI is InChI=1S/C11H14N2O3/c1-7(2)6-10(14)12-13-11(15)9-4-5-16-8(9)3/h4-6H,1-3H3,(H,12,14)(H,13,15). The van der Waals surface area contributed by atoms with Gasteiger partial charge in [-0.2, -0.15) is 0 Å². The van der Waals surface area contributed by atoms with Crippen LogP contribution in [-0.4, -0.2) is 11.8 Å². The van der Waals surface area contributed by atoms with E-state index < -0.39 is 5.91 Å². The van der Waals surface area contributed by atoms with E-state index in [4.69, 9.17) is 4.42 Å². The number of rotatable bonds is 2. The number of hydrogen-bond donors (Lipinski definition) is 2. The maximum atomic E-state index is 11.5. The Morgan fingerprint density at radius 1 is 1.31 bits per heavy atom. The predicted octanol–water partition coefficient (Wildman–Crippen LogP) is 1.32. The molecule has 0 unspecified atom stereocenters. The van der Waals surface area contributed by atoms with Crippen LogP contribution in [0.15, 0.2) is 28.4 Å². The number of carbonyl (C=O) groups is 2. The van der Waals surface area contributed by atoms with Gasteiger partial charge >= 0.3 is 0 Å². The van der Waals surface area contributed by atoms with Crippen LogP contribution in [0.5, 0.6) is 0 Å². The maximum Gasteiger partial charge on any atom is 0.273 e. The largest absolute Gasteiger partial charge is 0.469 e. The molecule has 0 radical (unpaired) electrons. The first-order valence-corrected chi connectivity index (χ1v) is 4.80. The highest BCUT2D eigenvalue weighted by Gasteiger charge is 2.11. The van der Waals surface area contributed by atoms with Gasteiger partial charge < -0.3 is 4.42 Å². The Balaban J connectivity index is 2.52. The van der Waals surface area contributed by atoms with Gasteiger partial charge in [0.25, 0.3) is 11.8 Å². The van der Waals surface area contributed by atoms with Crippen molar-refractivity contribution in [1.82, 2.24) is 10.9 Å². The zero-order valence-electron chi connectivity index (χ0n) is 9.46. The van der Waals surface area contributed by atoms with E-state index in [-0.39, 0.29) is 5.91 Å². The molecule has 1 aromatic rings. The van der Waals surface area contributed by atoms with Crippen LogP contribution in [-0.2, 0) is 4.79 Å². The normalized spacial score (nSPS) is 9.44. The highest BCUT2D eigenvalue weighted by molar-refractivity contribution is 5.97. The summed E-state index contributed by atoms with van der Waals surface area (Å²) in [5, 5.41) is 0. The van der Waals surface area contributed by atoms with E-state index in [1.165, 1.54) is 18.4 Å². The van der Waals surface area contributed by atoms with Crippen LogP contribution in [0.2, 0.25) is 0 Å². The summed E-state index contributed by atoms with van der Waals surface area (Å²) in [4.78, 5) is 22.7. The Labute approximate surface area is 93.5 Å². The minimum atomic E-state index is -0.401. The third kappa shape index (κ3) is 3.27. The van der Waals surface area contributed by atoms with Crippen LogP contribution in [0.25, 0.3) is 0 Å². The van der Waals surface area contributed by atoms with Crippen LogP contribution in [0.4, 0.5) is 0 Å². The molecule has 0 saturated carbocycles. The molecule has 0 atom stereocenters. The lowest BCUT2D eigenvalue weighted by molar-refractivity contribution is -0.117. The van der Waals surface area contributed by atoms with Gasteiger partial charge in [0.05, 0.1) is 11.8 Å². The molecule has 0 bridgehead atoms. The Bertz CT molecular complexity index is 428. The Hall–Kier alpha value is -2.04.